The van der Waals surface area contributed by atoms with Crippen LogP contribution in [0.15, 0.2) is 52.1 Å². The predicted molar refractivity (Wildman–Crippen MR) is 114 cm³/mol. The second-order valence-electron chi connectivity index (χ2n) is 7.65. The highest BCUT2D eigenvalue weighted by atomic mass is 16.2. The summed E-state index contributed by atoms with van der Waals surface area (Å²) in [7, 11) is 0. The third-order valence-electron chi connectivity index (χ3n) is 5.65. The van der Waals surface area contributed by atoms with Crippen molar-refractivity contribution in [3.63, 3.8) is 0 Å². The molecule has 1 atom stereocenters. The average Bonchev–Trinajstić information content (AvgIpc) is 3.11. The van der Waals surface area contributed by atoms with Gasteiger partial charge in [0, 0.05) is 30.1 Å². The number of aromatic nitrogens is 4. The maximum atomic E-state index is 12.6. The second-order valence-corrected chi connectivity index (χ2v) is 7.65. The maximum Gasteiger partial charge on any atom is 0.325 e. The van der Waals surface area contributed by atoms with Gasteiger partial charge in [0.2, 0.25) is 0 Å². The van der Waals surface area contributed by atoms with Crippen LogP contribution in [0, 0.1) is 6.92 Å². The van der Waals surface area contributed by atoms with Gasteiger partial charge in [-0.15, -0.1) is 0 Å². The molecule has 0 aliphatic heterocycles. The molecule has 0 spiro atoms. The van der Waals surface area contributed by atoms with Crippen LogP contribution < -0.4 is 11.2 Å². The number of aryl methyl sites for hydroxylation is 2. The Morgan fingerprint density at radius 1 is 1.17 bits per heavy atom. The van der Waals surface area contributed by atoms with Gasteiger partial charge >= 0.3 is 5.69 Å². The maximum absolute atomic E-state index is 12.6. The third-order valence-corrected chi connectivity index (χ3v) is 5.65. The quantitative estimate of drug-likeness (QED) is 0.699. The monoisotopic (exact) mass is 390 g/mol. The van der Waals surface area contributed by atoms with Crippen molar-refractivity contribution in [3.8, 4) is 0 Å². The topological polar surface area (TPSA) is 83.5 Å². The van der Waals surface area contributed by atoms with Crippen LogP contribution in [-0.4, -0.2) is 19.7 Å². The molecule has 0 bridgehead atoms. The Balaban J connectivity index is 1.65. The molecule has 2 N–H and O–H groups in total. The zero-order valence-electron chi connectivity index (χ0n) is 16.9. The number of rotatable bonds is 5. The molecule has 0 fully saturated rings. The number of allylic oxidation sites excluding steroid dienone is 2. The summed E-state index contributed by atoms with van der Waals surface area (Å²) in [5.74, 6) is 0.131. The first kappa shape index (κ1) is 19.2. The minimum Gasteiger partial charge on any atom is -0.311 e. The van der Waals surface area contributed by atoms with E-state index in [1.165, 1.54) is 11.3 Å². The van der Waals surface area contributed by atoms with Crippen LogP contribution in [0.25, 0.3) is 5.57 Å². The lowest BCUT2D eigenvalue weighted by atomic mass is 9.84. The Hall–Kier alpha value is -3.15. The summed E-state index contributed by atoms with van der Waals surface area (Å²) in [6.07, 6.45) is 5.33. The van der Waals surface area contributed by atoms with Gasteiger partial charge in [-0.25, -0.2) is 4.79 Å². The molecule has 2 aromatic heterocycles. The molecule has 0 saturated carbocycles. The molecule has 1 aliphatic carbocycles. The zero-order valence-corrected chi connectivity index (χ0v) is 16.9. The van der Waals surface area contributed by atoms with Crippen LogP contribution in [0.3, 0.4) is 0 Å². The fourth-order valence-corrected chi connectivity index (χ4v) is 4.23. The highest BCUT2D eigenvalue weighted by Gasteiger charge is 2.23. The van der Waals surface area contributed by atoms with Gasteiger partial charge in [0.15, 0.2) is 0 Å². The summed E-state index contributed by atoms with van der Waals surface area (Å²) >= 11 is 0. The van der Waals surface area contributed by atoms with Crippen molar-refractivity contribution < 1.29 is 0 Å². The molecule has 1 aromatic carbocycles. The molecule has 29 heavy (non-hydrogen) atoms. The molecule has 2 heterocycles. The molecule has 0 saturated heterocycles. The summed E-state index contributed by atoms with van der Waals surface area (Å²) in [4.78, 5) is 29.9. The van der Waals surface area contributed by atoms with Gasteiger partial charge in [-0.1, -0.05) is 36.4 Å². The van der Waals surface area contributed by atoms with Crippen molar-refractivity contribution in [3.05, 3.63) is 91.5 Å². The summed E-state index contributed by atoms with van der Waals surface area (Å²) in [5, 5.41) is 4.55. The van der Waals surface area contributed by atoms with E-state index in [9.17, 15) is 9.59 Å². The van der Waals surface area contributed by atoms with Crippen molar-refractivity contribution >= 4 is 5.57 Å². The smallest absolute Gasteiger partial charge is 0.311 e. The van der Waals surface area contributed by atoms with E-state index in [2.05, 4.69) is 34.1 Å². The lowest BCUT2D eigenvalue weighted by Gasteiger charge is -2.24. The van der Waals surface area contributed by atoms with Crippen molar-refractivity contribution in [1.29, 1.82) is 0 Å². The second kappa shape index (κ2) is 8.07. The zero-order chi connectivity index (χ0) is 20.4. The summed E-state index contributed by atoms with van der Waals surface area (Å²) in [5.41, 5.74) is 5.26. The molecular formula is C23H26N4O2. The van der Waals surface area contributed by atoms with Crippen LogP contribution in [0.4, 0.5) is 0 Å². The molecule has 1 unspecified atom stereocenters. The molecular weight excluding hydrogens is 364 g/mol. The Morgan fingerprint density at radius 2 is 1.97 bits per heavy atom. The van der Waals surface area contributed by atoms with Crippen molar-refractivity contribution in [2.75, 3.05) is 0 Å². The number of benzene rings is 1. The van der Waals surface area contributed by atoms with E-state index in [0.717, 1.165) is 42.8 Å². The summed E-state index contributed by atoms with van der Waals surface area (Å²) in [6, 6.07) is 12.0. The predicted octanol–water partition coefficient (Wildman–Crippen LogP) is 3.53. The Bertz CT molecular complexity index is 1150. The molecule has 150 valence electrons. The van der Waals surface area contributed by atoms with Gasteiger partial charge in [0.05, 0.1) is 11.4 Å². The van der Waals surface area contributed by atoms with Gasteiger partial charge in [0.25, 0.3) is 5.56 Å². The summed E-state index contributed by atoms with van der Waals surface area (Å²) < 4.78 is 2.04. The number of hydrogen-bond donors (Lipinski definition) is 2. The average molecular weight is 390 g/mol. The normalized spacial score (nSPS) is 16.6. The number of hydrogen-bond acceptors (Lipinski definition) is 3. The molecule has 3 aromatic rings. The van der Waals surface area contributed by atoms with Crippen molar-refractivity contribution in [1.82, 2.24) is 19.7 Å². The molecule has 0 amide bonds. The lowest BCUT2D eigenvalue weighted by molar-refractivity contribution is 0.587. The summed E-state index contributed by atoms with van der Waals surface area (Å²) in [6.45, 7) is 4.95. The highest BCUT2D eigenvalue weighted by Crippen LogP contribution is 2.36. The van der Waals surface area contributed by atoms with Gasteiger partial charge in [0.1, 0.15) is 0 Å². The van der Waals surface area contributed by atoms with Crippen LogP contribution >= 0.6 is 0 Å². The molecule has 6 heteroatoms. The fourth-order valence-electron chi connectivity index (χ4n) is 4.23. The number of H-pyrrole nitrogens is 2. The first-order valence-corrected chi connectivity index (χ1v) is 10.2. The van der Waals surface area contributed by atoms with Gasteiger partial charge in [-0.05, 0) is 50.3 Å². The number of aromatic amines is 2. The van der Waals surface area contributed by atoms with Crippen LogP contribution in [0.2, 0.25) is 0 Å². The number of nitrogens with zero attached hydrogens (tertiary/aromatic N) is 2. The van der Waals surface area contributed by atoms with Crippen molar-refractivity contribution in [2.45, 2.75) is 52.0 Å². The lowest BCUT2D eigenvalue weighted by Crippen LogP contribution is -2.30. The van der Waals surface area contributed by atoms with E-state index in [1.807, 2.05) is 41.9 Å². The van der Waals surface area contributed by atoms with E-state index in [4.69, 9.17) is 0 Å². The van der Waals surface area contributed by atoms with E-state index in [1.54, 1.807) is 0 Å². The first-order valence-electron chi connectivity index (χ1n) is 10.2. The van der Waals surface area contributed by atoms with Gasteiger partial charge in [-0.2, -0.15) is 5.10 Å². The fraction of sp³-hybridized carbons (Fsp3) is 0.348. The Morgan fingerprint density at radius 3 is 2.66 bits per heavy atom. The molecule has 1 aliphatic rings. The Labute approximate surface area is 169 Å². The largest absolute Gasteiger partial charge is 0.325 e. The molecule has 0 radical (unpaired) electrons. The van der Waals surface area contributed by atoms with E-state index in [-0.39, 0.29) is 11.5 Å². The van der Waals surface area contributed by atoms with E-state index >= 15 is 0 Å². The molecule has 6 nitrogen and oxygen atoms in total. The van der Waals surface area contributed by atoms with Gasteiger partial charge < -0.3 is 4.98 Å². The van der Waals surface area contributed by atoms with E-state index in [0.29, 0.717) is 12.0 Å². The SMILES string of the molecule is CCn1nc(C)cc1C1=CCC(c2[nH]c(=O)[nH]c(=O)c2Cc2ccccc2)CC1. The Kier molecular flexibility index (Phi) is 5.34. The van der Waals surface area contributed by atoms with Crippen LogP contribution in [-0.2, 0) is 13.0 Å². The van der Waals surface area contributed by atoms with Gasteiger partial charge in [-0.3, -0.25) is 14.5 Å². The van der Waals surface area contributed by atoms with Crippen LogP contribution in [0.1, 0.15) is 60.3 Å². The first-order chi connectivity index (χ1) is 14.0. The van der Waals surface area contributed by atoms with E-state index < -0.39 is 5.69 Å². The van der Waals surface area contributed by atoms with Crippen LogP contribution in [0.5, 0.6) is 0 Å². The third kappa shape index (κ3) is 4.01. The van der Waals surface area contributed by atoms with Crippen molar-refractivity contribution in [2.24, 2.45) is 0 Å². The number of nitrogens with one attached hydrogen (secondary N) is 2. The standard InChI is InChI=1S/C23H26N4O2/c1-3-27-20(13-15(2)26-27)17-9-11-18(12-10-17)21-19(22(28)25-23(29)24-21)14-16-7-5-4-6-8-16/h4-9,13,18H,3,10-12,14H2,1-2H3,(H2,24,25,28,29). The minimum atomic E-state index is -0.434. The highest BCUT2D eigenvalue weighted by molar-refractivity contribution is 5.64. The minimum absolute atomic E-state index is 0.131. The molecule has 4 rings (SSSR count).